The normalized spacial score (nSPS) is 13.1. The minimum atomic E-state index is -0.543. The van der Waals surface area contributed by atoms with Gasteiger partial charge in [-0.25, -0.2) is 0 Å². The van der Waals surface area contributed by atoms with Crippen LogP contribution in [0.15, 0.2) is 53.4 Å². The summed E-state index contributed by atoms with van der Waals surface area (Å²) in [6.07, 6.45) is -0.543. The minimum absolute atomic E-state index is 0.0162. The fraction of sp³-hybridized carbons (Fsp3) is 0.278. The SMILES string of the molecule is Cc1ccc(S[C@H](C)C(=O)O[C@@H](C)c2cccc([N+](=O)[O-])c2)cc1. The second-order valence-corrected chi connectivity index (χ2v) is 6.92. The van der Waals surface area contributed by atoms with Crippen LogP contribution in [0.3, 0.4) is 0 Å². The molecule has 2 atom stereocenters. The molecular formula is C18H19NO4S. The van der Waals surface area contributed by atoms with Crippen LogP contribution in [0, 0.1) is 17.0 Å². The van der Waals surface area contributed by atoms with Gasteiger partial charge >= 0.3 is 5.97 Å². The zero-order chi connectivity index (χ0) is 17.7. The van der Waals surface area contributed by atoms with E-state index in [1.54, 1.807) is 26.0 Å². The van der Waals surface area contributed by atoms with Crippen molar-refractivity contribution in [2.24, 2.45) is 0 Å². The number of carbonyl (C=O) groups is 1. The first-order valence-electron chi connectivity index (χ1n) is 7.55. The maximum absolute atomic E-state index is 12.2. The molecule has 0 aromatic heterocycles. The van der Waals surface area contributed by atoms with Crippen LogP contribution in [0.2, 0.25) is 0 Å². The van der Waals surface area contributed by atoms with Crippen LogP contribution >= 0.6 is 11.8 Å². The molecule has 126 valence electrons. The lowest BCUT2D eigenvalue weighted by Gasteiger charge is -2.17. The van der Waals surface area contributed by atoms with E-state index < -0.39 is 11.0 Å². The van der Waals surface area contributed by atoms with E-state index in [0.717, 1.165) is 10.5 Å². The molecule has 2 rings (SSSR count). The largest absolute Gasteiger partial charge is 0.457 e. The van der Waals surface area contributed by atoms with Gasteiger partial charge in [0.25, 0.3) is 5.69 Å². The molecule has 2 aromatic carbocycles. The number of esters is 1. The van der Waals surface area contributed by atoms with Crippen LogP contribution in [-0.2, 0) is 9.53 Å². The van der Waals surface area contributed by atoms with Crippen molar-refractivity contribution >= 4 is 23.4 Å². The quantitative estimate of drug-likeness (QED) is 0.329. The molecule has 0 aliphatic heterocycles. The summed E-state index contributed by atoms with van der Waals surface area (Å²) >= 11 is 1.42. The molecule has 0 aliphatic carbocycles. The van der Waals surface area contributed by atoms with E-state index in [1.165, 1.54) is 23.9 Å². The number of non-ortho nitro benzene ring substituents is 1. The molecule has 0 fully saturated rings. The first kappa shape index (κ1) is 18.0. The van der Waals surface area contributed by atoms with Crippen LogP contribution < -0.4 is 0 Å². The summed E-state index contributed by atoms with van der Waals surface area (Å²) < 4.78 is 5.45. The molecule has 24 heavy (non-hydrogen) atoms. The predicted molar refractivity (Wildman–Crippen MR) is 94.1 cm³/mol. The fourth-order valence-electron chi connectivity index (χ4n) is 2.10. The summed E-state index contributed by atoms with van der Waals surface area (Å²) in [7, 11) is 0. The van der Waals surface area contributed by atoms with Crippen LogP contribution in [0.5, 0.6) is 0 Å². The van der Waals surface area contributed by atoms with Crippen molar-refractivity contribution in [1.29, 1.82) is 0 Å². The molecule has 6 heteroatoms. The molecule has 0 bridgehead atoms. The number of nitro benzene ring substituents is 1. The zero-order valence-electron chi connectivity index (χ0n) is 13.8. The van der Waals surface area contributed by atoms with E-state index in [4.69, 9.17) is 4.74 Å². The lowest BCUT2D eigenvalue weighted by Crippen LogP contribution is -2.18. The van der Waals surface area contributed by atoms with Crippen molar-refractivity contribution in [3.8, 4) is 0 Å². The molecule has 0 amide bonds. The van der Waals surface area contributed by atoms with Crippen molar-refractivity contribution in [2.75, 3.05) is 0 Å². The third kappa shape index (κ3) is 4.83. The molecule has 0 radical (unpaired) electrons. The van der Waals surface area contributed by atoms with E-state index in [1.807, 2.05) is 31.2 Å². The van der Waals surface area contributed by atoms with Gasteiger partial charge in [-0.3, -0.25) is 14.9 Å². The number of hydrogen-bond acceptors (Lipinski definition) is 5. The van der Waals surface area contributed by atoms with Gasteiger partial charge in [0.15, 0.2) is 0 Å². The number of aryl methyl sites for hydroxylation is 1. The van der Waals surface area contributed by atoms with Crippen LogP contribution in [0.4, 0.5) is 5.69 Å². The van der Waals surface area contributed by atoms with Crippen LogP contribution in [0.1, 0.15) is 31.1 Å². The highest BCUT2D eigenvalue weighted by molar-refractivity contribution is 8.00. The maximum Gasteiger partial charge on any atom is 0.319 e. The Bertz CT molecular complexity index is 730. The molecule has 0 spiro atoms. The molecule has 0 saturated heterocycles. The maximum atomic E-state index is 12.2. The summed E-state index contributed by atoms with van der Waals surface area (Å²) in [5, 5.41) is 10.5. The van der Waals surface area contributed by atoms with Crippen molar-refractivity contribution < 1.29 is 14.5 Å². The van der Waals surface area contributed by atoms with E-state index in [2.05, 4.69) is 0 Å². The monoisotopic (exact) mass is 345 g/mol. The van der Waals surface area contributed by atoms with Gasteiger partial charge in [0.1, 0.15) is 11.4 Å². The Labute approximate surface area is 145 Å². The summed E-state index contributed by atoms with van der Waals surface area (Å²) in [5.74, 6) is -0.348. The van der Waals surface area contributed by atoms with Gasteiger partial charge < -0.3 is 4.74 Å². The smallest absolute Gasteiger partial charge is 0.319 e. The average Bonchev–Trinajstić information content (AvgIpc) is 2.56. The summed E-state index contributed by atoms with van der Waals surface area (Å²) in [4.78, 5) is 23.6. The number of benzene rings is 2. The van der Waals surface area contributed by atoms with Gasteiger partial charge in [0, 0.05) is 17.0 Å². The highest BCUT2D eigenvalue weighted by atomic mass is 32.2. The van der Waals surface area contributed by atoms with Crippen molar-refractivity contribution in [1.82, 2.24) is 0 Å². The third-order valence-electron chi connectivity index (χ3n) is 3.51. The average molecular weight is 345 g/mol. The Balaban J connectivity index is 1.98. The highest BCUT2D eigenvalue weighted by Crippen LogP contribution is 2.27. The highest BCUT2D eigenvalue weighted by Gasteiger charge is 2.20. The molecule has 0 unspecified atom stereocenters. The lowest BCUT2D eigenvalue weighted by atomic mass is 10.1. The van der Waals surface area contributed by atoms with E-state index in [9.17, 15) is 14.9 Å². The van der Waals surface area contributed by atoms with E-state index in [0.29, 0.717) is 5.56 Å². The third-order valence-corrected chi connectivity index (χ3v) is 4.60. The second kappa shape index (κ2) is 7.97. The molecule has 0 heterocycles. The standard InChI is InChI=1S/C18H19NO4S/c1-12-7-9-17(10-8-12)24-14(3)18(20)23-13(2)15-5-4-6-16(11-15)19(21)22/h4-11,13-14H,1-3H3/t13-,14+/m0/s1. The Morgan fingerprint density at radius 1 is 1.17 bits per heavy atom. The van der Waals surface area contributed by atoms with E-state index in [-0.39, 0.29) is 16.9 Å². The van der Waals surface area contributed by atoms with Gasteiger partial charge in [-0.05, 0) is 38.5 Å². The fourth-order valence-corrected chi connectivity index (χ4v) is 2.95. The topological polar surface area (TPSA) is 69.4 Å². The number of carbonyl (C=O) groups excluding carboxylic acids is 1. The predicted octanol–water partition coefficient (Wildman–Crippen LogP) is 4.69. The summed E-state index contributed by atoms with van der Waals surface area (Å²) in [5.41, 5.74) is 1.75. The Kier molecular flexibility index (Phi) is 5.98. The minimum Gasteiger partial charge on any atom is -0.457 e. The van der Waals surface area contributed by atoms with Gasteiger partial charge in [0.05, 0.1) is 4.92 Å². The number of ether oxygens (including phenoxy) is 1. The lowest BCUT2D eigenvalue weighted by molar-refractivity contribution is -0.385. The molecule has 0 saturated carbocycles. The molecule has 2 aromatic rings. The Morgan fingerprint density at radius 3 is 2.46 bits per heavy atom. The summed E-state index contributed by atoms with van der Waals surface area (Å²) in [6.45, 7) is 5.50. The second-order valence-electron chi connectivity index (χ2n) is 5.50. The molecule has 0 N–H and O–H groups in total. The Hall–Kier alpha value is -2.34. The number of rotatable bonds is 6. The molecular weight excluding hydrogens is 326 g/mol. The first-order valence-corrected chi connectivity index (χ1v) is 8.43. The molecule has 5 nitrogen and oxygen atoms in total. The van der Waals surface area contributed by atoms with E-state index >= 15 is 0 Å². The van der Waals surface area contributed by atoms with Gasteiger partial charge in [-0.2, -0.15) is 0 Å². The van der Waals surface area contributed by atoms with Crippen LogP contribution in [-0.4, -0.2) is 16.1 Å². The van der Waals surface area contributed by atoms with Gasteiger partial charge in [0.2, 0.25) is 0 Å². The Morgan fingerprint density at radius 2 is 1.83 bits per heavy atom. The van der Waals surface area contributed by atoms with Gasteiger partial charge in [-0.1, -0.05) is 29.8 Å². The van der Waals surface area contributed by atoms with Crippen LogP contribution in [0.25, 0.3) is 0 Å². The number of thioether (sulfide) groups is 1. The zero-order valence-corrected chi connectivity index (χ0v) is 14.6. The summed E-state index contributed by atoms with van der Waals surface area (Å²) in [6, 6.07) is 14.1. The van der Waals surface area contributed by atoms with Gasteiger partial charge in [-0.15, -0.1) is 11.8 Å². The first-order chi connectivity index (χ1) is 11.4. The number of hydrogen-bond donors (Lipinski definition) is 0. The van der Waals surface area contributed by atoms with Crippen molar-refractivity contribution in [2.45, 2.75) is 37.0 Å². The number of nitro groups is 1. The molecule has 0 aliphatic rings. The van der Waals surface area contributed by atoms with Crippen molar-refractivity contribution in [3.63, 3.8) is 0 Å². The van der Waals surface area contributed by atoms with Crippen molar-refractivity contribution in [3.05, 3.63) is 69.8 Å². The number of nitrogens with zero attached hydrogens (tertiary/aromatic N) is 1.